The molecule has 4 rings (SSSR count). The number of carbonyl (C=O) groups excluding carboxylic acids is 1. The van der Waals surface area contributed by atoms with E-state index in [0.29, 0.717) is 22.2 Å². The Morgan fingerprint density at radius 3 is 2.35 bits per heavy atom. The highest BCUT2D eigenvalue weighted by Gasteiger charge is 2.63. The topological polar surface area (TPSA) is 29.6 Å². The second-order valence-corrected chi connectivity index (χ2v) is 6.10. The van der Waals surface area contributed by atoms with Crippen LogP contribution in [0.2, 0.25) is 10.0 Å². The molecule has 2 aromatic carbocycles. The molecule has 1 saturated heterocycles. The van der Waals surface area contributed by atoms with E-state index in [9.17, 15) is 4.79 Å². The van der Waals surface area contributed by atoms with E-state index in [0.717, 1.165) is 11.1 Å². The number of ether oxygens (including phenoxy) is 1. The summed E-state index contributed by atoms with van der Waals surface area (Å²) in [4.78, 5) is 12.5. The van der Waals surface area contributed by atoms with Crippen molar-refractivity contribution in [2.45, 2.75) is 11.5 Å². The van der Waals surface area contributed by atoms with Crippen LogP contribution in [0.15, 0.2) is 42.5 Å². The van der Waals surface area contributed by atoms with Gasteiger partial charge >= 0.3 is 0 Å². The summed E-state index contributed by atoms with van der Waals surface area (Å²) in [6.07, 6.45) is 0. The number of benzene rings is 2. The van der Waals surface area contributed by atoms with Crippen molar-refractivity contribution in [3.63, 3.8) is 0 Å². The second kappa shape index (κ2) is 4.08. The average Bonchev–Trinajstić information content (AvgIpc) is 3.18. The van der Waals surface area contributed by atoms with Gasteiger partial charge in [-0.3, -0.25) is 4.79 Å². The molecular formula is C16H10Cl2O2. The summed E-state index contributed by atoms with van der Waals surface area (Å²) in [7, 11) is 0. The maximum atomic E-state index is 12.5. The number of Topliss-reactive ketones (excluding diaryl/α,β-unsaturated/α-hetero) is 1. The molecule has 0 amide bonds. The van der Waals surface area contributed by atoms with Crippen LogP contribution < -0.4 is 0 Å². The number of fused-ring (bicyclic) bond motifs is 1. The Labute approximate surface area is 126 Å². The van der Waals surface area contributed by atoms with Gasteiger partial charge in [0.1, 0.15) is 0 Å². The normalized spacial score (nSPS) is 26.9. The molecule has 1 aliphatic carbocycles. The van der Waals surface area contributed by atoms with Crippen LogP contribution in [0, 0.1) is 0 Å². The largest absolute Gasteiger partial charge is 0.360 e. The molecule has 1 heterocycles. The van der Waals surface area contributed by atoms with Gasteiger partial charge in [0.05, 0.1) is 6.61 Å². The predicted molar refractivity (Wildman–Crippen MR) is 77.8 cm³/mol. The van der Waals surface area contributed by atoms with Crippen molar-refractivity contribution >= 4 is 29.0 Å². The van der Waals surface area contributed by atoms with E-state index in [1.54, 1.807) is 12.1 Å². The van der Waals surface area contributed by atoms with Gasteiger partial charge in [-0.1, -0.05) is 35.3 Å². The average molecular weight is 305 g/mol. The maximum absolute atomic E-state index is 12.5. The van der Waals surface area contributed by atoms with E-state index < -0.39 is 5.60 Å². The lowest BCUT2D eigenvalue weighted by molar-refractivity contribution is 0.0882. The molecule has 1 spiro atoms. The van der Waals surface area contributed by atoms with Crippen LogP contribution in [-0.2, 0) is 4.74 Å². The molecule has 100 valence electrons. The second-order valence-electron chi connectivity index (χ2n) is 5.22. The molecule has 0 aromatic heterocycles. The van der Waals surface area contributed by atoms with Crippen LogP contribution in [0.25, 0.3) is 0 Å². The van der Waals surface area contributed by atoms with Crippen molar-refractivity contribution in [3.05, 3.63) is 69.2 Å². The van der Waals surface area contributed by atoms with Crippen LogP contribution in [0.5, 0.6) is 0 Å². The highest BCUT2D eigenvalue weighted by molar-refractivity contribution is 6.31. The number of hydrogen-bond donors (Lipinski definition) is 0. The van der Waals surface area contributed by atoms with Crippen molar-refractivity contribution in [2.24, 2.45) is 0 Å². The van der Waals surface area contributed by atoms with Crippen LogP contribution in [-0.4, -0.2) is 18.0 Å². The molecule has 2 aromatic rings. The molecular weight excluding hydrogens is 295 g/mol. The third-order valence-electron chi connectivity index (χ3n) is 4.08. The van der Waals surface area contributed by atoms with Crippen molar-refractivity contribution in [1.82, 2.24) is 0 Å². The summed E-state index contributed by atoms with van der Waals surface area (Å²) >= 11 is 12.0. The zero-order valence-corrected chi connectivity index (χ0v) is 11.9. The fourth-order valence-corrected chi connectivity index (χ4v) is 3.38. The summed E-state index contributed by atoms with van der Waals surface area (Å²) in [5.74, 6) is -0.0370. The van der Waals surface area contributed by atoms with Gasteiger partial charge in [-0.25, -0.2) is 0 Å². The fourth-order valence-electron chi connectivity index (χ4n) is 3.07. The first-order chi connectivity index (χ1) is 9.62. The van der Waals surface area contributed by atoms with Crippen LogP contribution in [0.3, 0.4) is 0 Å². The maximum Gasteiger partial charge on any atom is 0.198 e. The van der Waals surface area contributed by atoms with E-state index in [4.69, 9.17) is 27.9 Å². The van der Waals surface area contributed by atoms with E-state index in [1.165, 1.54) is 0 Å². The Balaban J connectivity index is 1.92. The zero-order valence-electron chi connectivity index (χ0n) is 10.4. The summed E-state index contributed by atoms with van der Waals surface area (Å²) in [5.41, 5.74) is 1.97. The first-order valence-corrected chi connectivity index (χ1v) is 7.11. The molecule has 0 bridgehead atoms. The Morgan fingerprint density at radius 2 is 1.70 bits per heavy atom. The minimum atomic E-state index is -0.721. The van der Waals surface area contributed by atoms with Gasteiger partial charge in [-0.2, -0.15) is 0 Å². The Bertz CT molecular complexity index is 718. The lowest BCUT2D eigenvalue weighted by Gasteiger charge is -2.16. The number of rotatable bonds is 1. The SMILES string of the molecule is O=C1c2ccc(Cl)cc2C(c2ccc(Cl)cc2)C12CO2. The first kappa shape index (κ1) is 12.4. The molecule has 0 N–H and O–H groups in total. The molecule has 2 unspecified atom stereocenters. The van der Waals surface area contributed by atoms with Crippen molar-refractivity contribution in [1.29, 1.82) is 0 Å². The number of ketones is 1. The predicted octanol–water partition coefficient (Wildman–Crippen LogP) is 4.09. The quantitative estimate of drug-likeness (QED) is 0.743. The van der Waals surface area contributed by atoms with Gasteiger partial charge in [-0.05, 0) is 41.5 Å². The number of hydrogen-bond acceptors (Lipinski definition) is 2. The fraction of sp³-hybridized carbons (Fsp3) is 0.188. The minimum absolute atomic E-state index is 0.0594. The van der Waals surface area contributed by atoms with E-state index in [-0.39, 0.29) is 11.7 Å². The van der Waals surface area contributed by atoms with E-state index >= 15 is 0 Å². The molecule has 0 saturated carbocycles. The van der Waals surface area contributed by atoms with Crippen molar-refractivity contribution in [2.75, 3.05) is 6.61 Å². The number of halogens is 2. The first-order valence-electron chi connectivity index (χ1n) is 6.35. The molecule has 1 fully saturated rings. The third-order valence-corrected chi connectivity index (χ3v) is 4.57. The highest BCUT2D eigenvalue weighted by atomic mass is 35.5. The van der Waals surface area contributed by atoms with Gasteiger partial charge in [0, 0.05) is 21.5 Å². The van der Waals surface area contributed by atoms with Gasteiger partial charge < -0.3 is 4.74 Å². The van der Waals surface area contributed by atoms with E-state index in [2.05, 4.69) is 0 Å². The zero-order chi connectivity index (χ0) is 13.9. The summed E-state index contributed by atoms with van der Waals surface area (Å²) in [6, 6.07) is 13.0. The van der Waals surface area contributed by atoms with Gasteiger partial charge in [-0.15, -0.1) is 0 Å². The smallest absolute Gasteiger partial charge is 0.198 e. The monoisotopic (exact) mass is 304 g/mol. The van der Waals surface area contributed by atoms with Crippen molar-refractivity contribution < 1.29 is 9.53 Å². The van der Waals surface area contributed by atoms with Crippen LogP contribution in [0.4, 0.5) is 0 Å². The van der Waals surface area contributed by atoms with Gasteiger partial charge in [0.15, 0.2) is 11.4 Å². The molecule has 2 aliphatic rings. The third kappa shape index (κ3) is 1.59. The van der Waals surface area contributed by atoms with Crippen LogP contribution in [0.1, 0.15) is 27.4 Å². The standard InChI is InChI=1S/C16H10Cl2O2/c17-10-3-1-9(2-4-10)14-13-7-11(18)5-6-12(13)15(19)16(14)8-20-16/h1-7,14H,8H2. The van der Waals surface area contributed by atoms with Crippen LogP contribution >= 0.6 is 23.2 Å². The molecule has 2 atom stereocenters. The lowest BCUT2D eigenvalue weighted by atomic mass is 9.86. The molecule has 4 heteroatoms. The number of epoxide rings is 1. The minimum Gasteiger partial charge on any atom is -0.360 e. The molecule has 1 aliphatic heterocycles. The Kier molecular flexibility index (Phi) is 2.53. The summed E-state index contributed by atoms with van der Waals surface area (Å²) < 4.78 is 5.56. The van der Waals surface area contributed by atoms with Gasteiger partial charge in [0.25, 0.3) is 0 Å². The summed E-state index contributed by atoms with van der Waals surface area (Å²) in [6.45, 7) is 0.464. The molecule has 2 nitrogen and oxygen atoms in total. The Hall–Kier alpha value is -1.35. The molecule has 0 radical (unpaired) electrons. The lowest BCUT2D eigenvalue weighted by Crippen LogP contribution is -2.25. The Morgan fingerprint density at radius 1 is 1.05 bits per heavy atom. The van der Waals surface area contributed by atoms with Gasteiger partial charge in [0.2, 0.25) is 0 Å². The van der Waals surface area contributed by atoms with Crippen molar-refractivity contribution in [3.8, 4) is 0 Å². The number of carbonyl (C=O) groups is 1. The molecule has 20 heavy (non-hydrogen) atoms. The summed E-state index contributed by atoms with van der Waals surface area (Å²) in [5, 5.41) is 1.31. The highest BCUT2D eigenvalue weighted by Crippen LogP contribution is 2.54. The van der Waals surface area contributed by atoms with E-state index in [1.807, 2.05) is 30.3 Å².